The third kappa shape index (κ3) is 52.6. The van der Waals surface area contributed by atoms with Crippen molar-refractivity contribution in [1.82, 2.24) is 0 Å². The smallest absolute Gasteiger partial charge is 0.327 e. The van der Waals surface area contributed by atoms with Crippen molar-refractivity contribution in [3.05, 3.63) is 25.3 Å². The van der Waals surface area contributed by atoms with Crippen LogP contribution >= 0.6 is 0 Å². The molecule has 0 amide bonds. The van der Waals surface area contributed by atoms with Crippen molar-refractivity contribution in [2.45, 2.75) is 32.6 Å². The molecule has 4 heteroatoms. The van der Waals surface area contributed by atoms with Crippen molar-refractivity contribution >= 4 is 5.97 Å². The Morgan fingerprint density at radius 3 is 1.62 bits per heavy atom. The highest BCUT2D eigenvalue weighted by Crippen LogP contribution is 1.82. The summed E-state index contributed by atoms with van der Waals surface area (Å²) in [5.41, 5.74) is 0. The first kappa shape index (κ1) is 20.3. The Kier molecular flexibility index (Phi) is 29.9. The predicted molar refractivity (Wildman–Crippen MR) is 66.3 cm³/mol. The molecule has 4 nitrogen and oxygen atoms in total. The topological polar surface area (TPSA) is 77.8 Å². The second-order valence-electron chi connectivity index (χ2n) is 2.77. The molecule has 0 atom stereocenters. The van der Waals surface area contributed by atoms with E-state index in [1.807, 2.05) is 6.08 Å². The van der Waals surface area contributed by atoms with Gasteiger partial charge in [-0.2, -0.15) is 0 Å². The molecular weight excluding hydrogens is 208 g/mol. The van der Waals surface area contributed by atoms with Crippen molar-refractivity contribution in [3.63, 3.8) is 0 Å². The Hall–Kier alpha value is -1.13. The lowest BCUT2D eigenvalue weighted by Crippen LogP contribution is -1.85. The third-order valence-electron chi connectivity index (χ3n) is 1.23. The largest absolute Gasteiger partial charge is 0.478 e. The number of rotatable bonds is 6. The predicted octanol–water partition coefficient (Wildman–Crippen LogP) is 1.98. The number of unbranched alkanes of at least 4 members (excludes halogenated alkanes) is 2. The fourth-order valence-electron chi connectivity index (χ4n) is 0.428. The average Bonchev–Trinajstić information content (AvgIpc) is 2.29. The van der Waals surface area contributed by atoms with E-state index in [0.29, 0.717) is 0 Å². The SMILES string of the molecule is C=CC(=O)O.C=CCCC.OCCCCO. The van der Waals surface area contributed by atoms with E-state index in [1.165, 1.54) is 6.42 Å². The van der Waals surface area contributed by atoms with E-state index in [2.05, 4.69) is 20.1 Å². The van der Waals surface area contributed by atoms with E-state index < -0.39 is 5.97 Å². The van der Waals surface area contributed by atoms with Gasteiger partial charge >= 0.3 is 5.97 Å². The van der Waals surface area contributed by atoms with E-state index >= 15 is 0 Å². The zero-order valence-corrected chi connectivity index (χ0v) is 10.1. The van der Waals surface area contributed by atoms with Gasteiger partial charge in [0.2, 0.25) is 0 Å². The fourth-order valence-corrected chi connectivity index (χ4v) is 0.428. The first-order valence-corrected chi connectivity index (χ1v) is 5.28. The van der Waals surface area contributed by atoms with Gasteiger partial charge in [0, 0.05) is 19.3 Å². The number of aliphatic hydroxyl groups excluding tert-OH is 2. The van der Waals surface area contributed by atoms with Gasteiger partial charge in [-0.3, -0.25) is 0 Å². The van der Waals surface area contributed by atoms with Crippen molar-refractivity contribution in [1.29, 1.82) is 0 Å². The maximum Gasteiger partial charge on any atom is 0.327 e. The number of hydrogen-bond donors (Lipinski definition) is 3. The van der Waals surface area contributed by atoms with Crippen LogP contribution in [0, 0.1) is 0 Å². The van der Waals surface area contributed by atoms with Gasteiger partial charge in [-0.1, -0.05) is 26.0 Å². The van der Waals surface area contributed by atoms with Crippen molar-refractivity contribution < 1.29 is 20.1 Å². The molecule has 0 saturated carbocycles. The Labute approximate surface area is 97.9 Å². The van der Waals surface area contributed by atoms with Crippen LogP contribution in [0.1, 0.15) is 32.6 Å². The second-order valence-corrected chi connectivity index (χ2v) is 2.77. The molecule has 0 saturated heterocycles. The van der Waals surface area contributed by atoms with Crippen molar-refractivity contribution in [2.75, 3.05) is 13.2 Å². The molecule has 0 aromatic rings. The van der Waals surface area contributed by atoms with E-state index in [-0.39, 0.29) is 13.2 Å². The lowest BCUT2D eigenvalue weighted by atomic mass is 10.3. The molecule has 0 rings (SSSR count). The maximum atomic E-state index is 9.25. The lowest BCUT2D eigenvalue weighted by molar-refractivity contribution is -0.131. The van der Waals surface area contributed by atoms with E-state index in [0.717, 1.165) is 25.3 Å². The van der Waals surface area contributed by atoms with Crippen LogP contribution in [0.3, 0.4) is 0 Å². The minimum absolute atomic E-state index is 0.195. The second kappa shape index (κ2) is 23.6. The van der Waals surface area contributed by atoms with E-state index in [4.69, 9.17) is 15.3 Å². The monoisotopic (exact) mass is 232 g/mol. The van der Waals surface area contributed by atoms with Gasteiger partial charge < -0.3 is 15.3 Å². The fraction of sp³-hybridized carbons (Fsp3) is 0.583. The molecule has 0 spiro atoms. The zero-order valence-electron chi connectivity index (χ0n) is 10.1. The quantitative estimate of drug-likeness (QED) is 0.372. The molecule has 0 heterocycles. The minimum Gasteiger partial charge on any atom is -0.478 e. The molecule has 16 heavy (non-hydrogen) atoms. The molecular formula is C12H24O4. The lowest BCUT2D eigenvalue weighted by Gasteiger charge is -1.85. The summed E-state index contributed by atoms with van der Waals surface area (Å²) >= 11 is 0. The first-order valence-electron chi connectivity index (χ1n) is 5.28. The molecule has 0 fully saturated rings. The molecule has 0 aliphatic rings. The summed E-state index contributed by atoms with van der Waals surface area (Å²) in [5.74, 6) is -0.981. The van der Waals surface area contributed by atoms with Crippen LogP contribution in [0.25, 0.3) is 0 Å². The highest BCUT2D eigenvalue weighted by Gasteiger charge is 1.77. The van der Waals surface area contributed by atoms with Crippen LogP contribution in [0.4, 0.5) is 0 Å². The van der Waals surface area contributed by atoms with Crippen LogP contribution in [0.2, 0.25) is 0 Å². The van der Waals surface area contributed by atoms with Crippen LogP contribution in [0.5, 0.6) is 0 Å². The number of carboxylic acid groups (broad SMARTS) is 1. The van der Waals surface area contributed by atoms with Crippen molar-refractivity contribution in [3.8, 4) is 0 Å². The summed E-state index contributed by atoms with van der Waals surface area (Å²) in [5, 5.41) is 23.8. The van der Waals surface area contributed by atoms with Gasteiger partial charge in [-0.15, -0.1) is 6.58 Å². The summed E-state index contributed by atoms with van der Waals surface area (Å²) in [7, 11) is 0. The molecule has 0 bridgehead atoms. The standard InChI is InChI=1S/C5H10.C4H10O2.C3H4O2/c1-3-5-4-2;5-3-1-2-4-6;1-2-3(4)5/h3H,1,4-5H2,2H3;5-6H,1-4H2;2H,1H2,(H,4,5). The molecule has 0 aromatic carbocycles. The molecule has 0 aliphatic heterocycles. The first-order chi connectivity index (χ1) is 7.60. The van der Waals surface area contributed by atoms with Crippen LogP contribution in [0.15, 0.2) is 25.3 Å². The molecule has 0 radical (unpaired) electrons. The number of allylic oxidation sites excluding steroid dienone is 1. The molecule has 3 N–H and O–H groups in total. The number of aliphatic hydroxyl groups is 2. The minimum atomic E-state index is -0.981. The van der Waals surface area contributed by atoms with Gasteiger partial charge in [0.1, 0.15) is 0 Å². The van der Waals surface area contributed by atoms with Gasteiger partial charge in [-0.25, -0.2) is 4.79 Å². The zero-order chi connectivity index (χ0) is 13.2. The molecule has 0 aliphatic carbocycles. The Morgan fingerprint density at radius 1 is 1.19 bits per heavy atom. The normalized spacial score (nSPS) is 7.69. The van der Waals surface area contributed by atoms with Crippen LogP contribution < -0.4 is 0 Å². The summed E-state index contributed by atoms with van der Waals surface area (Å²) < 4.78 is 0. The highest BCUT2D eigenvalue weighted by molar-refractivity contribution is 5.78. The summed E-state index contributed by atoms with van der Waals surface area (Å²) in [6.45, 7) is 9.04. The Morgan fingerprint density at radius 2 is 1.56 bits per heavy atom. The number of hydrogen-bond acceptors (Lipinski definition) is 3. The summed E-state index contributed by atoms with van der Waals surface area (Å²) in [6, 6.07) is 0. The van der Waals surface area contributed by atoms with Gasteiger partial charge in [0.15, 0.2) is 0 Å². The van der Waals surface area contributed by atoms with Gasteiger partial charge in [-0.05, 0) is 19.3 Å². The van der Waals surface area contributed by atoms with Crippen LogP contribution in [-0.2, 0) is 4.79 Å². The Balaban J connectivity index is -0.000000160. The van der Waals surface area contributed by atoms with E-state index in [9.17, 15) is 4.79 Å². The summed E-state index contributed by atoms with van der Waals surface area (Å²) in [6.07, 6.45) is 6.58. The summed E-state index contributed by atoms with van der Waals surface area (Å²) in [4.78, 5) is 9.25. The van der Waals surface area contributed by atoms with Crippen molar-refractivity contribution in [2.24, 2.45) is 0 Å². The molecule has 0 aromatic heterocycles. The molecule has 96 valence electrons. The Bertz CT molecular complexity index is 151. The van der Waals surface area contributed by atoms with Gasteiger partial charge in [0.25, 0.3) is 0 Å². The van der Waals surface area contributed by atoms with E-state index in [1.54, 1.807) is 0 Å². The van der Waals surface area contributed by atoms with Gasteiger partial charge in [0.05, 0.1) is 0 Å². The third-order valence-corrected chi connectivity index (χ3v) is 1.23. The average molecular weight is 232 g/mol. The number of carboxylic acids is 1. The number of aliphatic carboxylic acids is 1. The maximum absolute atomic E-state index is 9.25. The highest BCUT2D eigenvalue weighted by atomic mass is 16.4. The number of carbonyl (C=O) groups is 1. The van der Waals surface area contributed by atoms with Crippen LogP contribution in [-0.4, -0.2) is 34.5 Å². The molecule has 0 unspecified atom stereocenters.